The number of rotatable bonds is 9. The van der Waals surface area contributed by atoms with E-state index in [4.69, 9.17) is 20.2 Å². The Morgan fingerprint density at radius 3 is 2.42 bits per heavy atom. The Bertz CT molecular complexity index is 1510. The average Bonchev–Trinajstić information content (AvgIpc) is 3.14. The zero-order valence-corrected chi connectivity index (χ0v) is 24.0. The summed E-state index contributed by atoms with van der Waals surface area (Å²) in [5.74, 6) is -1.41. The number of amides is 2. The molecule has 1 fully saturated rings. The van der Waals surface area contributed by atoms with E-state index in [9.17, 15) is 18.9 Å². The van der Waals surface area contributed by atoms with Gasteiger partial charge in [-0.1, -0.05) is 67.6 Å². The first-order chi connectivity index (χ1) is 20.8. The number of ether oxygens (including phenoxy) is 2. The van der Waals surface area contributed by atoms with Gasteiger partial charge in [0.05, 0.1) is 29.2 Å². The molecule has 2 amide bonds. The molecule has 0 aromatic heterocycles. The number of benzene rings is 3. The number of halogens is 1. The summed E-state index contributed by atoms with van der Waals surface area (Å²) in [6.45, 7) is 4.16. The van der Waals surface area contributed by atoms with Gasteiger partial charge in [-0.15, -0.1) is 0 Å². The molecule has 11 heteroatoms. The van der Waals surface area contributed by atoms with Gasteiger partial charge in [0.2, 0.25) is 5.91 Å². The van der Waals surface area contributed by atoms with E-state index in [-0.39, 0.29) is 18.6 Å². The summed E-state index contributed by atoms with van der Waals surface area (Å²) in [5.41, 5.74) is 4.75. The first-order valence-electron chi connectivity index (χ1n) is 14.2. The van der Waals surface area contributed by atoms with Gasteiger partial charge in [0, 0.05) is 30.1 Å². The Labute approximate surface area is 249 Å². The van der Waals surface area contributed by atoms with Crippen molar-refractivity contribution in [1.82, 2.24) is 10.2 Å². The van der Waals surface area contributed by atoms with Gasteiger partial charge in [-0.05, 0) is 35.7 Å². The number of carbonyl (C=O) groups is 2. The van der Waals surface area contributed by atoms with Crippen molar-refractivity contribution in [2.24, 2.45) is 10.7 Å². The number of alkyl carbamates (subject to hydrolysis) is 1. The predicted octanol–water partition coefficient (Wildman–Crippen LogP) is 3.61. The first kappa shape index (κ1) is 30.0. The molecule has 2 aliphatic heterocycles. The van der Waals surface area contributed by atoms with Crippen LogP contribution in [0.15, 0.2) is 83.9 Å². The molecule has 1 saturated heterocycles. The Hall–Kier alpha value is -4.48. The maximum Gasteiger partial charge on any atom is 0.413 e. The van der Waals surface area contributed by atoms with E-state index in [0.717, 1.165) is 5.56 Å². The predicted molar refractivity (Wildman–Crippen MR) is 158 cm³/mol. The number of aliphatic imine (C=N–C) groups is 1. The number of nitroso groups, excluding NO2 is 1. The molecule has 0 radical (unpaired) electrons. The lowest BCUT2D eigenvalue weighted by molar-refractivity contribution is -0.651. The maximum atomic E-state index is 14.5. The largest absolute Gasteiger partial charge is 0.445 e. The third-order valence-corrected chi connectivity index (χ3v) is 8.27. The van der Waals surface area contributed by atoms with E-state index < -0.39 is 35.6 Å². The second-order valence-corrected chi connectivity index (χ2v) is 10.6. The molecule has 5 rings (SSSR count). The smallest absolute Gasteiger partial charge is 0.413 e. The second kappa shape index (κ2) is 12.8. The number of nitrogens with one attached hydrogen (secondary N) is 1. The number of hydrogen-bond donors (Lipinski definition) is 2. The van der Waals surface area contributed by atoms with Crippen molar-refractivity contribution in [3.05, 3.63) is 112 Å². The van der Waals surface area contributed by atoms with Gasteiger partial charge >= 0.3 is 11.8 Å². The van der Waals surface area contributed by atoms with E-state index in [1.54, 1.807) is 31.2 Å². The quantitative estimate of drug-likeness (QED) is 0.368. The summed E-state index contributed by atoms with van der Waals surface area (Å²) in [4.78, 5) is 48.8. The summed E-state index contributed by atoms with van der Waals surface area (Å²) in [6.07, 6.45) is -0.948. The summed E-state index contributed by atoms with van der Waals surface area (Å²) >= 11 is 0. The van der Waals surface area contributed by atoms with Crippen molar-refractivity contribution in [3.63, 3.8) is 0 Å². The van der Waals surface area contributed by atoms with Crippen LogP contribution in [0.3, 0.4) is 0 Å². The Morgan fingerprint density at radius 2 is 1.74 bits per heavy atom. The van der Waals surface area contributed by atoms with Crippen LogP contribution < -0.4 is 11.1 Å². The molecule has 3 aromatic carbocycles. The van der Waals surface area contributed by atoms with E-state index in [2.05, 4.69) is 10.2 Å². The highest BCUT2D eigenvalue weighted by Gasteiger charge is 2.70. The minimum absolute atomic E-state index is 0.0151. The van der Waals surface area contributed by atoms with Gasteiger partial charge in [-0.25, -0.2) is 14.2 Å². The normalized spacial score (nSPS) is 20.2. The van der Waals surface area contributed by atoms with Crippen LogP contribution in [0, 0.1) is 10.7 Å². The van der Waals surface area contributed by atoms with Crippen molar-refractivity contribution in [3.8, 4) is 0 Å². The van der Waals surface area contributed by atoms with Crippen molar-refractivity contribution >= 4 is 17.7 Å². The molecular formula is C32H35FN5O5+. The average molecular weight is 589 g/mol. The lowest BCUT2D eigenvalue weighted by atomic mass is 9.63. The van der Waals surface area contributed by atoms with Gasteiger partial charge < -0.3 is 15.2 Å². The molecule has 10 nitrogen and oxygen atoms in total. The topological polar surface area (TPSA) is 126 Å². The molecule has 2 atom stereocenters. The molecule has 43 heavy (non-hydrogen) atoms. The lowest BCUT2D eigenvalue weighted by Crippen LogP contribution is -2.69. The molecule has 0 bridgehead atoms. The standard InChI is InChI=1S/C32H34FN5O5/c1-2-31(29(34)39,24-12-14-25(33)15-13-24)32(36-30(40)43-21-23-8-4-3-5-9-23)27-11-7-6-10-26(27)28(35-22-38(32)41)20-37-16-18-42-19-17-37/h3-15H,2,16-22H2,1H3,(H2-,34,36,39,40)/p+1. The molecule has 3 aromatic rings. The first-order valence-corrected chi connectivity index (χ1v) is 14.2. The highest BCUT2D eigenvalue weighted by atomic mass is 19.1. The molecule has 0 spiro atoms. The number of carbonyl (C=O) groups excluding carboxylic acids is 2. The SMILES string of the molecule is CCC(C(N)=O)(c1ccc(F)cc1)C1(NC(=O)OCc2ccccc2)c2ccccc2C(CN2CCOCC2)=NC[N+]1=O. The van der Waals surface area contributed by atoms with Crippen LogP contribution >= 0.6 is 0 Å². The van der Waals surface area contributed by atoms with Crippen LogP contribution in [0.5, 0.6) is 0 Å². The van der Waals surface area contributed by atoms with Crippen LogP contribution in [-0.4, -0.2) is 66.9 Å². The molecule has 2 aliphatic rings. The maximum absolute atomic E-state index is 14.5. The summed E-state index contributed by atoms with van der Waals surface area (Å²) in [5, 5.41) is 2.81. The van der Waals surface area contributed by atoms with Crippen LogP contribution in [0.2, 0.25) is 0 Å². The lowest BCUT2D eigenvalue weighted by Gasteiger charge is -2.42. The van der Waals surface area contributed by atoms with Gasteiger partial charge in [-0.3, -0.25) is 15.0 Å². The van der Waals surface area contributed by atoms with E-state index in [1.165, 1.54) is 24.3 Å². The van der Waals surface area contributed by atoms with Gasteiger partial charge in [-0.2, -0.15) is 0 Å². The molecule has 2 heterocycles. The Balaban J connectivity index is 1.68. The minimum atomic E-state index is -2.12. The molecular weight excluding hydrogens is 553 g/mol. The van der Waals surface area contributed by atoms with Gasteiger partial charge in [0.1, 0.15) is 12.4 Å². The Kier molecular flexibility index (Phi) is 8.93. The van der Waals surface area contributed by atoms with E-state index in [0.29, 0.717) is 54.4 Å². The third-order valence-electron chi connectivity index (χ3n) is 8.27. The summed E-state index contributed by atoms with van der Waals surface area (Å²) in [6, 6.07) is 21.3. The molecule has 224 valence electrons. The van der Waals surface area contributed by atoms with Crippen LogP contribution in [0.25, 0.3) is 0 Å². The van der Waals surface area contributed by atoms with Crippen molar-refractivity contribution in [2.45, 2.75) is 31.0 Å². The number of hydrogen-bond acceptors (Lipinski definition) is 7. The van der Waals surface area contributed by atoms with Crippen LogP contribution in [0.4, 0.5) is 9.18 Å². The van der Waals surface area contributed by atoms with Gasteiger partial charge in [0.15, 0.2) is 5.41 Å². The third kappa shape index (κ3) is 5.65. The van der Waals surface area contributed by atoms with Crippen LogP contribution in [0.1, 0.15) is 35.6 Å². The molecule has 0 saturated carbocycles. The molecule has 2 unspecified atom stereocenters. The van der Waals surface area contributed by atoms with Gasteiger partial charge in [0.25, 0.3) is 6.67 Å². The highest BCUT2D eigenvalue weighted by Crippen LogP contribution is 2.48. The second-order valence-electron chi connectivity index (χ2n) is 10.6. The zero-order chi connectivity index (χ0) is 30.5. The molecule has 0 aliphatic carbocycles. The fourth-order valence-corrected chi connectivity index (χ4v) is 6.12. The monoisotopic (exact) mass is 588 g/mol. The fraction of sp³-hybridized carbons (Fsp3) is 0.344. The minimum Gasteiger partial charge on any atom is -0.445 e. The van der Waals surface area contributed by atoms with Crippen molar-refractivity contribution in [1.29, 1.82) is 0 Å². The van der Waals surface area contributed by atoms with Crippen molar-refractivity contribution < 1.29 is 28.2 Å². The summed E-state index contributed by atoms with van der Waals surface area (Å²) in [7, 11) is 0. The number of fused-ring (bicyclic) bond motifs is 1. The number of nitrogens with two attached hydrogens (primary N) is 1. The number of nitrogens with zero attached hydrogens (tertiary/aromatic N) is 3. The molecule has 3 N–H and O–H groups in total. The van der Waals surface area contributed by atoms with Crippen LogP contribution in [-0.2, 0) is 32.0 Å². The van der Waals surface area contributed by atoms with Crippen molar-refractivity contribution in [2.75, 3.05) is 39.5 Å². The van der Waals surface area contributed by atoms with E-state index in [1.807, 2.05) is 30.3 Å². The van der Waals surface area contributed by atoms with E-state index >= 15 is 0 Å². The summed E-state index contributed by atoms with van der Waals surface area (Å²) < 4.78 is 25.8. The highest BCUT2D eigenvalue weighted by molar-refractivity contribution is 6.04. The Morgan fingerprint density at radius 1 is 1.07 bits per heavy atom. The zero-order valence-electron chi connectivity index (χ0n) is 24.0. The fourth-order valence-electron chi connectivity index (χ4n) is 6.12. The number of morpholine rings is 1. The number of primary amides is 1.